The summed E-state index contributed by atoms with van der Waals surface area (Å²) in [5.41, 5.74) is 6.73. The van der Waals surface area contributed by atoms with Gasteiger partial charge >= 0.3 is 0 Å². The summed E-state index contributed by atoms with van der Waals surface area (Å²) in [6.45, 7) is 4.14. The van der Waals surface area contributed by atoms with Crippen molar-refractivity contribution < 1.29 is 0 Å². The van der Waals surface area contributed by atoms with E-state index in [1.165, 1.54) is 51.8 Å². The van der Waals surface area contributed by atoms with Crippen molar-refractivity contribution in [3.8, 4) is 0 Å². The molecule has 3 N–H and O–H groups in total. The molecule has 1 aromatic heterocycles. The zero-order valence-electron chi connectivity index (χ0n) is 13.3. The minimum atomic E-state index is 0.909. The Morgan fingerprint density at radius 2 is 2.00 bits per heavy atom. The standard InChI is InChI=1S/C19H21N3S/c1-13-4-9-17-16(11-13)19-18(3-2-10-21-19)22(17)12-14-5-7-15(23-20)8-6-14/h4-9,11,21H,2-3,10,12,20H2,1H3. The smallest absolute Gasteiger partial charge is 0.0633 e. The monoisotopic (exact) mass is 323 g/mol. The number of aromatic nitrogens is 1. The lowest BCUT2D eigenvalue weighted by Crippen LogP contribution is -2.14. The Bertz CT molecular complexity index is 849. The van der Waals surface area contributed by atoms with E-state index in [1.807, 2.05) is 0 Å². The summed E-state index contributed by atoms with van der Waals surface area (Å²) in [5.74, 6) is 0. The lowest BCUT2D eigenvalue weighted by atomic mass is 10.1. The number of benzene rings is 2. The number of hydrogen-bond donors (Lipinski definition) is 2. The summed E-state index contributed by atoms with van der Waals surface area (Å²) in [5, 5.41) is 10.6. The number of rotatable bonds is 3. The highest BCUT2D eigenvalue weighted by atomic mass is 32.2. The molecular formula is C19H21N3S. The Hall–Kier alpha value is -1.91. The number of fused-ring (bicyclic) bond motifs is 3. The van der Waals surface area contributed by atoms with Gasteiger partial charge in [-0.05, 0) is 61.5 Å². The normalized spacial score (nSPS) is 13.8. The highest BCUT2D eigenvalue weighted by Gasteiger charge is 2.19. The number of nitrogens with one attached hydrogen (secondary N) is 1. The van der Waals surface area contributed by atoms with Gasteiger partial charge in [-0.15, -0.1) is 0 Å². The van der Waals surface area contributed by atoms with Gasteiger partial charge in [0.2, 0.25) is 0 Å². The number of hydrogen-bond acceptors (Lipinski definition) is 3. The summed E-state index contributed by atoms with van der Waals surface area (Å²) >= 11 is 1.30. The zero-order chi connectivity index (χ0) is 15.8. The van der Waals surface area contributed by atoms with Crippen molar-refractivity contribution in [1.82, 2.24) is 4.57 Å². The Morgan fingerprint density at radius 1 is 1.17 bits per heavy atom. The van der Waals surface area contributed by atoms with Crippen LogP contribution in [0.2, 0.25) is 0 Å². The van der Waals surface area contributed by atoms with Gasteiger partial charge in [-0.25, -0.2) is 0 Å². The van der Waals surface area contributed by atoms with Crippen LogP contribution in [-0.4, -0.2) is 11.1 Å². The van der Waals surface area contributed by atoms with Crippen molar-refractivity contribution in [2.24, 2.45) is 5.14 Å². The molecule has 0 unspecified atom stereocenters. The molecule has 0 bridgehead atoms. The number of nitrogens with zero attached hydrogens (tertiary/aromatic N) is 1. The lowest BCUT2D eigenvalue weighted by Gasteiger charge is -2.17. The molecule has 23 heavy (non-hydrogen) atoms. The maximum atomic E-state index is 5.62. The fourth-order valence-electron chi connectivity index (χ4n) is 3.48. The molecule has 4 heteroatoms. The van der Waals surface area contributed by atoms with E-state index < -0.39 is 0 Å². The minimum Gasteiger partial charge on any atom is -0.383 e. The third kappa shape index (κ3) is 2.62. The minimum absolute atomic E-state index is 0.909. The molecule has 0 aliphatic carbocycles. The molecule has 4 rings (SSSR count). The molecule has 3 nitrogen and oxygen atoms in total. The second kappa shape index (κ2) is 5.95. The Morgan fingerprint density at radius 3 is 2.78 bits per heavy atom. The van der Waals surface area contributed by atoms with Crippen LogP contribution >= 0.6 is 11.9 Å². The van der Waals surface area contributed by atoms with Gasteiger partial charge in [-0.2, -0.15) is 0 Å². The van der Waals surface area contributed by atoms with Crippen LogP contribution in [0.5, 0.6) is 0 Å². The Labute approximate surface area is 141 Å². The van der Waals surface area contributed by atoms with E-state index in [2.05, 4.69) is 59.3 Å². The summed E-state index contributed by atoms with van der Waals surface area (Å²) in [6, 6.07) is 15.3. The van der Waals surface area contributed by atoms with Crippen LogP contribution in [0.4, 0.5) is 5.69 Å². The van der Waals surface area contributed by atoms with Gasteiger partial charge in [-0.1, -0.05) is 23.8 Å². The molecule has 2 heterocycles. The Balaban J connectivity index is 1.81. The van der Waals surface area contributed by atoms with Crippen molar-refractivity contribution in [1.29, 1.82) is 0 Å². The second-order valence-electron chi connectivity index (χ2n) is 6.22. The summed E-state index contributed by atoms with van der Waals surface area (Å²) in [4.78, 5) is 1.10. The summed E-state index contributed by atoms with van der Waals surface area (Å²) in [6.07, 6.45) is 2.35. The first-order valence-corrected chi connectivity index (χ1v) is 8.95. The predicted octanol–water partition coefficient (Wildman–Crippen LogP) is 4.32. The number of aryl methyl sites for hydroxylation is 1. The van der Waals surface area contributed by atoms with Crippen LogP contribution in [0.1, 0.15) is 23.2 Å². The van der Waals surface area contributed by atoms with E-state index in [4.69, 9.17) is 5.14 Å². The van der Waals surface area contributed by atoms with Crippen molar-refractivity contribution >= 4 is 28.5 Å². The molecule has 0 saturated heterocycles. The largest absolute Gasteiger partial charge is 0.383 e. The highest BCUT2D eigenvalue weighted by molar-refractivity contribution is 7.97. The van der Waals surface area contributed by atoms with Crippen LogP contribution in [0.3, 0.4) is 0 Å². The van der Waals surface area contributed by atoms with Gasteiger partial charge in [0.05, 0.1) is 11.2 Å². The van der Waals surface area contributed by atoms with Crippen LogP contribution in [-0.2, 0) is 13.0 Å². The predicted molar refractivity (Wildman–Crippen MR) is 99.1 cm³/mol. The molecule has 0 amide bonds. The van der Waals surface area contributed by atoms with Crippen molar-refractivity contribution in [3.63, 3.8) is 0 Å². The molecule has 3 aromatic rings. The molecule has 1 aliphatic heterocycles. The van der Waals surface area contributed by atoms with Crippen molar-refractivity contribution in [2.75, 3.05) is 11.9 Å². The van der Waals surface area contributed by atoms with Gasteiger partial charge in [0.1, 0.15) is 0 Å². The first-order chi connectivity index (χ1) is 11.3. The highest BCUT2D eigenvalue weighted by Crippen LogP contribution is 2.35. The molecule has 0 saturated carbocycles. The molecular weight excluding hydrogens is 302 g/mol. The van der Waals surface area contributed by atoms with Gasteiger partial charge < -0.3 is 9.88 Å². The molecule has 0 fully saturated rings. The van der Waals surface area contributed by atoms with E-state index >= 15 is 0 Å². The van der Waals surface area contributed by atoms with Gasteiger partial charge in [-0.3, -0.25) is 5.14 Å². The SMILES string of the molecule is Cc1ccc2c(c1)c1c(n2Cc2ccc(SN)cc2)CCCN1. The average molecular weight is 323 g/mol. The number of nitrogens with two attached hydrogens (primary N) is 1. The van der Waals surface area contributed by atoms with E-state index in [0.29, 0.717) is 0 Å². The first-order valence-electron chi connectivity index (χ1n) is 8.07. The molecule has 118 valence electrons. The molecule has 2 aromatic carbocycles. The fraction of sp³-hybridized carbons (Fsp3) is 0.263. The third-order valence-electron chi connectivity index (χ3n) is 4.62. The van der Waals surface area contributed by atoms with Crippen LogP contribution in [0.15, 0.2) is 47.4 Å². The van der Waals surface area contributed by atoms with Crippen molar-refractivity contribution in [2.45, 2.75) is 31.2 Å². The van der Waals surface area contributed by atoms with Gasteiger partial charge in [0.15, 0.2) is 0 Å². The maximum absolute atomic E-state index is 5.62. The summed E-state index contributed by atoms with van der Waals surface area (Å²) < 4.78 is 2.47. The van der Waals surface area contributed by atoms with E-state index in [1.54, 1.807) is 0 Å². The Kier molecular flexibility index (Phi) is 3.79. The van der Waals surface area contributed by atoms with E-state index in [9.17, 15) is 0 Å². The third-order valence-corrected chi connectivity index (χ3v) is 5.16. The quantitative estimate of drug-likeness (QED) is 0.705. The lowest BCUT2D eigenvalue weighted by molar-refractivity contribution is 0.717. The van der Waals surface area contributed by atoms with Crippen LogP contribution in [0.25, 0.3) is 10.9 Å². The molecule has 1 aliphatic rings. The molecule has 0 radical (unpaired) electrons. The average Bonchev–Trinajstić information content (AvgIpc) is 2.89. The van der Waals surface area contributed by atoms with Gasteiger partial charge in [0, 0.05) is 29.1 Å². The molecule has 0 spiro atoms. The zero-order valence-corrected chi connectivity index (χ0v) is 14.1. The maximum Gasteiger partial charge on any atom is 0.0633 e. The fourth-order valence-corrected chi connectivity index (χ4v) is 3.78. The van der Waals surface area contributed by atoms with E-state index in [0.717, 1.165) is 24.4 Å². The topological polar surface area (TPSA) is 43.0 Å². The molecule has 0 atom stereocenters. The second-order valence-corrected chi connectivity index (χ2v) is 6.93. The van der Waals surface area contributed by atoms with E-state index in [-0.39, 0.29) is 0 Å². The summed E-state index contributed by atoms with van der Waals surface area (Å²) in [7, 11) is 0. The van der Waals surface area contributed by atoms with Crippen LogP contribution < -0.4 is 10.5 Å². The van der Waals surface area contributed by atoms with Crippen molar-refractivity contribution in [3.05, 3.63) is 59.3 Å². The van der Waals surface area contributed by atoms with Gasteiger partial charge in [0.25, 0.3) is 0 Å². The van der Waals surface area contributed by atoms with Crippen LogP contribution in [0, 0.1) is 6.92 Å². The number of anilines is 1. The first kappa shape index (κ1) is 14.7.